The molecule has 0 aromatic rings. The van der Waals surface area contributed by atoms with E-state index < -0.39 is 6.10 Å². The molecular formula is C33H56O7. The van der Waals surface area contributed by atoms with Crippen LogP contribution in [0.5, 0.6) is 0 Å². The van der Waals surface area contributed by atoms with Crippen LogP contribution in [0, 0.1) is 17.8 Å². The van der Waals surface area contributed by atoms with Crippen LogP contribution in [-0.2, 0) is 28.5 Å². The molecule has 0 amide bonds. The SMILES string of the molecule is CCCC[C@@H](C)C[C@H](/C=C/[C@@H]1[C@H](CCCC/C=C/C(=O)OC)[C@H](O)C[C@@H]1OC1CCCCO1)OC1CCCCO1. The second-order valence-corrected chi connectivity index (χ2v) is 12.1. The maximum absolute atomic E-state index is 11.3. The largest absolute Gasteiger partial charge is 0.466 e. The lowest BCUT2D eigenvalue weighted by atomic mass is 9.87. The predicted molar refractivity (Wildman–Crippen MR) is 157 cm³/mol. The topological polar surface area (TPSA) is 83.5 Å². The molecule has 0 spiro atoms. The molecule has 3 fully saturated rings. The number of carbonyl (C=O) groups is 1. The van der Waals surface area contributed by atoms with E-state index >= 15 is 0 Å². The number of ether oxygens (including phenoxy) is 5. The minimum absolute atomic E-state index is 0.0108. The summed E-state index contributed by atoms with van der Waals surface area (Å²) in [6, 6.07) is 0. The second kappa shape index (κ2) is 19.0. The van der Waals surface area contributed by atoms with Crippen LogP contribution in [0.25, 0.3) is 0 Å². The number of hydrogen-bond donors (Lipinski definition) is 1. The smallest absolute Gasteiger partial charge is 0.330 e. The number of rotatable bonds is 17. The lowest BCUT2D eigenvalue weighted by Crippen LogP contribution is -2.31. The summed E-state index contributed by atoms with van der Waals surface area (Å²) in [5.41, 5.74) is 0. The molecule has 0 aromatic heterocycles. The normalized spacial score (nSPS) is 31.1. The molecule has 2 unspecified atom stereocenters. The standard InChI is InChI=1S/C33H56O7/c1-4-5-14-25(2)23-26(39-32-17-10-12-21-37-32)19-20-28-27(15-8-6-7-9-16-31(35)36-3)29(34)24-30(28)40-33-18-11-13-22-38-33/h9,16,19-20,25-30,32-34H,4-8,10-15,17-18,21-24H2,1-3H3/b16-9+,20-19+/t25-,26+,27+,28-,29-,30+,32?,33?/m1/s1. The van der Waals surface area contributed by atoms with E-state index in [1.165, 1.54) is 32.4 Å². The molecular weight excluding hydrogens is 508 g/mol. The molecule has 230 valence electrons. The van der Waals surface area contributed by atoms with Crippen molar-refractivity contribution in [3.05, 3.63) is 24.3 Å². The first-order chi connectivity index (χ1) is 19.5. The molecule has 8 atom stereocenters. The van der Waals surface area contributed by atoms with Crippen molar-refractivity contribution >= 4 is 5.97 Å². The molecule has 0 bridgehead atoms. The quantitative estimate of drug-likeness (QED) is 0.0893. The van der Waals surface area contributed by atoms with Crippen LogP contribution in [0.15, 0.2) is 24.3 Å². The van der Waals surface area contributed by atoms with Crippen molar-refractivity contribution < 1.29 is 33.6 Å². The minimum Gasteiger partial charge on any atom is -0.466 e. The highest BCUT2D eigenvalue weighted by Gasteiger charge is 2.42. The molecule has 2 heterocycles. The van der Waals surface area contributed by atoms with E-state index in [-0.39, 0.29) is 42.6 Å². The molecule has 1 saturated carbocycles. The van der Waals surface area contributed by atoms with Crippen molar-refractivity contribution in [2.45, 2.75) is 141 Å². The monoisotopic (exact) mass is 564 g/mol. The van der Waals surface area contributed by atoms with Crippen LogP contribution in [0.1, 0.15) is 110 Å². The van der Waals surface area contributed by atoms with E-state index in [0.29, 0.717) is 12.3 Å². The van der Waals surface area contributed by atoms with Gasteiger partial charge >= 0.3 is 5.97 Å². The second-order valence-electron chi connectivity index (χ2n) is 12.1. The summed E-state index contributed by atoms with van der Waals surface area (Å²) < 4.78 is 29.5. The Balaban J connectivity index is 1.67. The molecule has 7 nitrogen and oxygen atoms in total. The number of esters is 1. The van der Waals surface area contributed by atoms with E-state index in [0.717, 1.165) is 83.8 Å². The average Bonchev–Trinajstić information content (AvgIpc) is 3.26. The lowest BCUT2D eigenvalue weighted by molar-refractivity contribution is -0.193. The van der Waals surface area contributed by atoms with Crippen LogP contribution in [-0.4, -0.2) is 62.3 Å². The summed E-state index contributed by atoms with van der Waals surface area (Å²) in [6.07, 6.45) is 22.4. The fraction of sp³-hybridized carbons (Fsp3) is 0.848. The molecule has 7 heteroatoms. The fourth-order valence-electron chi connectivity index (χ4n) is 6.32. The van der Waals surface area contributed by atoms with Crippen molar-refractivity contribution in [3.8, 4) is 0 Å². The van der Waals surface area contributed by atoms with Gasteiger partial charge in [0.2, 0.25) is 0 Å². The predicted octanol–water partition coefficient (Wildman–Crippen LogP) is 6.87. The highest BCUT2D eigenvalue weighted by atomic mass is 16.7. The fourth-order valence-corrected chi connectivity index (χ4v) is 6.32. The van der Waals surface area contributed by atoms with E-state index in [2.05, 4.69) is 30.7 Å². The van der Waals surface area contributed by atoms with Gasteiger partial charge in [-0.25, -0.2) is 4.79 Å². The Bertz CT molecular complexity index is 741. The number of hydrogen-bond acceptors (Lipinski definition) is 7. The first kappa shape index (κ1) is 33.3. The summed E-state index contributed by atoms with van der Waals surface area (Å²) in [4.78, 5) is 11.3. The van der Waals surface area contributed by atoms with Gasteiger partial charge in [0.15, 0.2) is 12.6 Å². The molecule has 40 heavy (non-hydrogen) atoms. The van der Waals surface area contributed by atoms with E-state index in [1.54, 1.807) is 0 Å². The van der Waals surface area contributed by atoms with Crippen molar-refractivity contribution in [1.29, 1.82) is 0 Å². The van der Waals surface area contributed by atoms with Crippen molar-refractivity contribution in [2.75, 3.05) is 20.3 Å². The Morgan fingerprint density at radius 1 is 1.05 bits per heavy atom. The highest BCUT2D eigenvalue weighted by Crippen LogP contribution is 2.40. The summed E-state index contributed by atoms with van der Waals surface area (Å²) in [7, 11) is 1.39. The molecule has 3 rings (SSSR count). The number of aliphatic hydroxyl groups excluding tert-OH is 1. The van der Waals surface area contributed by atoms with Crippen molar-refractivity contribution in [2.24, 2.45) is 17.8 Å². The number of carbonyl (C=O) groups excluding carboxylic acids is 1. The Kier molecular flexibility index (Phi) is 15.8. The molecule has 0 radical (unpaired) electrons. The van der Waals surface area contributed by atoms with Gasteiger partial charge in [0, 0.05) is 31.6 Å². The minimum atomic E-state index is -0.404. The third kappa shape index (κ3) is 11.9. The summed E-state index contributed by atoms with van der Waals surface area (Å²) >= 11 is 0. The van der Waals surface area contributed by atoms with Crippen LogP contribution in [0.2, 0.25) is 0 Å². The number of aliphatic hydroxyl groups is 1. The lowest BCUT2D eigenvalue weighted by Gasteiger charge is -2.30. The summed E-state index contributed by atoms with van der Waals surface area (Å²) in [5, 5.41) is 11.2. The van der Waals surface area contributed by atoms with Crippen LogP contribution in [0.4, 0.5) is 0 Å². The molecule has 2 saturated heterocycles. The average molecular weight is 565 g/mol. The Labute approximate surface area is 243 Å². The third-order valence-electron chi connectivity index (χ3n) is 8.67. The molecule has 0 aromatic carbocycles. The maximum atomic E-state index is 11.3. The third-order valence-corrected chi connectivity index (χ3v) is 8.67. The van der Waals surface area contributed by atoms with Gasteiger partial charge in [-0.15, -0.1) is 0 Å². The molecule has 3 aliphatic rings. The van der Waals surface area contributed by atoms with Gasteiger partial charge in [0.1, 0.15) is 0 Å². The van der Waals surface area contributed by atoms with E-state index in [4.69, 9.17) is 18.9 Å². The first-order valence-electron chi connectivity index (χ1n) is 16.1. The van der Waals surface area contributed by atoms with Gasteiger partial charge in [-0.3, -0.25) is 0 Å². The van der Waals surface area contributed by atoms with E-state index in [1.807, 2.05) is 6.08 Å². The van der Waals surface area contributed by atoms with Gasteiger partial charge in [-0.1, -0.05) is 57.8 Å². The van der Waals surface area contributed by atoms with Gasteiger partial charge in [0.25, 0.3) is 0 Å². The van der Waals surface area contributed by atoms with Gasteiger partial charge in [-0.2, -0.15) is 0 Å². The van der Waals surface area contributed by atoms with Gasteiger partial charge in [0.05, 0.1) is 25.4 Å². The number of allylic oxidation sites excluding steroid dienone is 1. The van der Waals surface area contributed by atoms with E-state index in [9.17, 15) is 9.90 Å². The zero-order valence-corrected chi connectivity index (χ0v) is 25.3. The summed E-state index contributed by atoms with van der Waals surface area (Å²) in [6.45, 7) is 6.09. The Hall–Kier alpha value is -1.25. The molecule has 2 aliphatic heterocycles. The van der Waals surface area contributed by atoms with Crippen molar-refractivity contribution in [3.63, 3.8) is 0 Å². The van der Waals surface area contributed by atoms with Crippen LogP contribution in [0.3, 0.4) is 0 Å². The number of unbranched alkanes of at least 4 members (excludes halogenated alkanes) is 3. The Morgan fingerprint density at radius 3 is 2.48 bits per heavy atom. The van der Waals surface area contributed by atoms with Gasteiger partial charge in [-0.05, 0) is 76.0 Å². The first-order valence-corrected chi connectivity index (χ1v) is 16.1. The molecule has 1 aliphatic carbocycles. The zero-order chi connectivity index (χ0) is 28.6. The number of methoxy groups -OCH3 is 1. The summed E-state index contributed by atoms with van der Waals surface area (Å²) in [5.74, 6) is 0.485. The van der Waals surface area contributed by atoms with Crippen LogP contribution < -0.4 is 0 Å². The maximum Gasteiger partial charge on any atom is 0.330 e. The highest BCUT2D eigenvalue weighted by molar-refractivity contribution is 5.81. The van der Waals surface area contributed by atoms with Gasteiger partial charge < -0.3 is 28.8 Å². The Morgan fingerprint density at radius 2 is 1.80 bits per heavy atom. The molecule has 1 N–H and O–H groups in total. The van der Waals surface area contributed by atoms with Crippen LogP contribution >= 0.6 is 0 Å². The van der Waals surface area contributed by atoms with Crippen molar-refractivity contribution in [1.82, 2.24) is 0 Å². The zero-order valence-electron chi connectivity index (χ0n) is 25.3.